The maximum atomic E-state index is 14.9. The van der Waals surface area contributed by atoms with Gasteiger partial charge < -0.3 is 24.8 Å². The fraction of sp³-hybridized carbons (Fsp3) is 0.0417. The summed E-state index contributed by atoms with van der Waals surface area (Å²) in [6.45, 7) is 0.0353. The molecule has 33 heavy (non-hydrogen) atoms. The Bertz CT molecular complexity index is 1630. The lowest BCUT2D eigenvalue weighted by molar-refractivity contribution is 0.0687. The van der Waals surface area contributed by atoms with Crippen molar-refractivity contribution in [1.82, 2.24) is 9.55 Å². The molecule has 164 valence electrons. The zero-order chi connectivity index (χ0) is 23.3. The van der Waals surface area contributed by atoms with Gasteiger partial charge in [-0.05, 0) is 42.0 Å². The number of amides is 1. The number of carboxylic acid groups (broad SMARTS) is 1. The van der Waals surface area contributed by atoms with E-state index in [4.69, 9.17) is 10.2 Å². The predicted octanol–water partition coefficient (Wildman–Crippen LogP) is 3.73. The number of aromatic amines is 1. The van der Waals surface area contributed by atoms with E-state index in [0.29, 0.717) is 16.5 Å². The molecule has 2 aromatic carbocycles. The van der Waals surface area contributed by atoms with Gasteiger partial charge in [-0.1, -0.05) is 12.1 Å². The summed E-state index contributed by atoms with van der Waals surface area (Å²) >= 11 is 0. The number of nitrogens with one attached hydrogen (secondary N) is 1. The van der Waals surface area contributed by atoms with Crippen molar-refractivity contribution in [3.05, 3.63) is 94.0 Å². The number of halogens is 1. The van der Waals surface area contributed by atoms with E-state index in [0.717, 1.165) is 0 Å². The second-order valence-electron chi connectivity index (χ2n) is 7.50. The lowest BCUT2D eigenvalue weighted by Gasteiger charge is -2.10. The third-order valence-electron chi connectivity index (χ3n) is 5.59. The molecule has 0 bridgehead atoms. The summed E-state index contributed by atoms with van der Waals surface area (Å²) in [6, 6.07) is 12.1. The normalized spacial score (nSPS) is 11.3. The van der Waals surface area contributed by atoms with Crippen LogP contribution in [0.5, 0.6) is 0 Å². The fourth-order valence-electron chi connectivity index (χ4n) is 4.13. The molecule has 0 spiro atoms. The number of hydrogen-bond donors (Lipinski definition) is 3. The minimum atomic E-state index is -1.29. The molecule has 0 saturated carbocycles. The van der Waals surface area contributed by atoms with Crippen molar-refractivity contribution in [2.45, 2.75) is 6.54 Å². The van der Waals surface area contributed by atoms with Crippen molar-refractivity contribution >= 4 is 33.7 Å². The number of aromatic nitrogens is 2. The van der Waals surface area contributed by atoms with Crippen molar-refractivity contribution in [1.29, 1.82) is 0 Å². The maximum Gasteiger partial charge on any atom is 0.353 e. The van der Waals surface area contributed by atoms with Gasteiger partial charge in [-0.2, -0.15) is 0 Å². The van der Waals surface area contributed by atoms with Gasteiger partial charge >= 0.3 is 5.97 Å². The van der Waals surface area contributed by atoms with Gasteiger partial charge in [0, 0.05) is 23.9 Å². The summed E-state index contributed by atoms with van der Waals surface area (Å²) in [7, 11) is 0. The molecule has 0 saturated heterocycles. The minimum absolute atomic E-state index is 0.0353. The highest BCUT2D eigenvalue weighted by molar-refractivity contribution is 6.17. The van der Waals surface area contributed by atoms with Crippen LogP contribution >= 0.6 is 0 Å². The number of nitrogens with zero attached hydrogens (tertiary/aromatic N) is 1. The molecule has 3 heterocycles. The van der Waals surface area contributed by atoms with Crippen molar-refractivity contribution < 1.29 is 23.5 Å². The summed E-state index contributed by atoms with van der Waals surface area (Å²) in [4.78, 5) is 39.0. The van der Waals surface area contributed by atoms with Gasteiger partial charge in [0.05, 0.1) is 28.1 Å². The molecule has 0 radical (unpaired) electrons. The maximum absolute atomic E-state index is 14.9. The van der Waals surface area contributed by atoms with Crippen molar-refractivity contribution in [2.24, 2.45) is 5.73 Å². The largest absolute Gasteiger partial charge is 0.477 e. The molecule has 0 unspecified atom stereocenters. The number of pyridine rings is 1. The number of rotatable bonds is 5. The van der Waals surface area contributed by atoms with Gasteiger partial charge in [-0.3, -0.25) is 9.59 Å². The summed E-state index contributed by atoms with van der Waals surface area (Å²) in [5.41, 5.74) is 6.20. The minimum Gasteiger partial charge on any atom is -0.477 e. The molecule has 4 N–H and O–H groups in total. The average molecular weight is 445 g/mol. The number of hydrogen-bond acceptors (Lipinski definition) is 4. The first-order valence-electron chi connectivity index (χ1n) is 9.89. The number of H-pyrrole nitrogens is 1. The van der Waals surface area contributed by atoms with Crippen LogP contribution < -0.4 is 11.3 Å². The van der Waals surface area contributed by atoms with E-state index in [1.165, 1.54) is 47.4 Å². The molecular formula is C24H16FN3O5. The van der Waals surface area contributed by atoms with E-state index in [9.17, 15) is 23.9 Å². The van der Waals surface area contributed by atoms with Crippen LogP contribution in [0.1, 0.15) is 26.4 Å². The number of aromatic carboxylic acids is 1. The zero-order valence-corrected chi connectivity index (χ0v) is 17.0. The van der Waals surface area contributed by atoms with E-state index in [1.54, 1.807) is 18.2 Å². The van der Waals surface area contributed by atoms with Crippen LogP contribution in [-0.2, 0) is 6.54 Å². The zero-order valence-electron chi connectivity index (χ0n) is 17.0. The van der Waals surface area contributed by atoms with Crippen LogP contribution in [0.25, 0.3) is 33.0 Å². The lowest BCUT2D eigenvalue weighted by atomic mass is 10.0. The van der Waals surface area contributed by atoms with Gasteiger partial charge in [-0.25, -0.2) is 9.18 Å². The Morgan fingerprint density at radius 1 is 1.15 bits per heavy atom. The molecule has 1 amide bonds. The molecule has 9 heteroatoms. The first kappa shape index (κ1) is 20.3. The van der Waals surface area contributed by atoms with Crippen LogP contribution in [0, 0.1) is 5.82 Å². The highest BCUT2D eigenvalue weighted by Crippen LogP contribution is 2.40. The monoisotopic (exact) mass is 445 g/mol. The number of fused-ring (bicyclic) bond motifs is 3. The number of nitrogens with two attached hydrogens (primary N) is 1. The van der Waals surface area contributed by atoms with Crippen LogP contribution in [0.3, 0.4) is 0 Å². The highest BCUT2D eigenvalue weighted by atomic mass is 19.1. The lowest BCUT2D eigenvalue weighted by Crippen LogP contribution is -2.14. The number of benzene rings is 2. The topological polar surface area (TPSA) is 131 Å². The van der Waals surface area contributed by atoms with Gasteiger partial charge in [-0.15, -0.1) is 0 Å². The number of furan rings is 1. The quantitative estimate of drug-likeness (QED) is 0.379. The van der Waals surface area contributed by atoms with E-state index < -0.39 is 23.3 Å². The van der Waals surface area contributed by atoms with E-state index in [1.807, 2.05) is 0 Å². The van der Waals surface area contributed by atoms with Gasteiger partial charge in [0.15, 0.2) is 0 Å². The van der Waals surface area contributed by atoms with E-state index >= 15 is 0 Å². The molecule has 0 aliphatic heterocycles. The Morgan fingerprint density at radius 3 is 2.58 bits per heavy atom. The molecule has 8 nitrogen and oxygen atoms in total. The summed E-state index contributed by atoms with van der Waals surface area (Å²) in [5, 5.41) is 10.7. The smallest absolute Gasteiger partial charge is 0.353 e. The molecule has 5 rings (SSSR count). The third kappa shape index (κ3) is 3.18. The van der Waals surface area contributed by atoms with Crippen LogP contribution in [-0.4, -0.2) is 26.5 Å². The van der Waals surface area contributed by atoms with Crippen LogP contribution in [0.4, 0.5) is 4.39 Å². The number of primary amides is 1. The first-order chi connectivity index (χ1) is 15.9. The Hall–Kier alpha value is -4.66. The van der Waals surface area contributed by atoms with Gasteiger partial charge in [0.25, 0.3) is 5.56 Å². The highest BCUT2D eigenvalue weighted by Gasteiger charge is 2.28. The molecule has 0 aliphatic rings. The van der Waals surface area contributed by atoms with Crippen LogP contribution in [0.2, 0.25) is 0 Å². The molecular weight excluding hydrogens is 429 g/mol. The Labute approximate surface area is 184 Å². The van der Waals surface area contributed by atoms with E-state index in [2.05, 4.69) is 4.98 Å². The third-order valence-corrected chi connectivity index (χ3v) is 5.59. The number of carbonyl (C=O) groups is 2. The van der Waals surface area contributed by atoms with Crippen LogP contribution in [0.15, 0.2) is 70.2 Å². The molecule has 5 aromatic rings. The van der Waals surface area contributed by atoms with Crippen molar-refractivity contribution in [3.8, 4) is 11.1 Å². The fourth-order valence-corrected chi connectivity index (χ4v) is 4.13. The first-order valence-corrected chi connectivity index (χ1v) is 9.89. The SMILES string of the molecule is NC(=O)c1ccc(Cn2c(C(=O)O)c(-c3ccc[nH]c3=O)c3c4occc4c(F)cc32)cc1. The van der Waals surface area contributed by atoms with Gasteiger partial charge in [0.2, 0.25) is 5.91 Å². The molecule has 0 aliphatic carbocycles. The average Bonchev–Trinajstić information content (AvgIpc) is 3.38. The number of carboxylic acids is 1. The predicted molar refractivity (Wildman–Crippen MR) is 119 cm³/mol. The standard InChI is InChI=1S/C24H16FN3O5/c25-16-10-17-19(21-14(16)7-9-33-21)18(15-2-1-8-27-23(15)30)20(24(31)32)28(17)11-12-3-5-13(6-4-12)22(26)29/h1-10H,11H2,(H2,26,29)(H,27,30)(H,31,32). The van der Waals surface area contributed by atoms with Crippen molar-refractivity contribution in [3.63, 3.8) is 0 Å². The summed E-state index contributed by atoms with van der Waals surface area (Å²) < 4.78 is 21.9. The second-order valence-corrected chi connectivity index (χ2v) is 7.50. The molecule has 0 atom stereocenters. The molecule has 3 aromatic heterocycles. The van der Waals surface area contributed by atoms with Gasteiger partial charge in [0.1, 0.15) is 17.1 Å². The Kier molecular flexibility index (Phi) is 4.59. The Balaban J connectivity index is 1.87. The van der Waals surface area contributed by atoms with E-state index in [-0.39, 0.29) is 39.9 Å². The summed E-state index contributed by atoms with van der Waals surface area (Å²) in [5.74, 6) is -2.47. The summed E-state index contributed by atoms with van der Waals surface area (Å²) in [6.07, 6.45) is 2.75. The Morgan fingerprint density at radius 2 is 1.91 bits per heavy atom. The second kappa shape index (κ2) is 7.49. The molecule has 0 fully saturated rings. The van der Waals surface area contributed by atoms with Crippen molar-refractivity contribution in [2.75, 3.05) is 0 Å². The number of carbonyl (C=O) groups excluding carboxylic acids is 1.